The zero-order valence-electron chi connectivity index (χ0n) is 8.94. The lowest BCUT2D eigenvalue weighted by atomic mass is 10.1. The van der Waals surface area contributed by atoms with Gasteiger partial charge in [0.05, 0.1) is 5.69 Å². The van der Waals surface area contributed by atoms with E-state index in [4.69, 9.17) is 17.3 Å². The first-order valence-electron chi connectivity index (χ1n) is 5.09. The molecule has 2 aromatic rings. The monoisotopic (exact) mass is 233 g/mol. The number of benzene rings is 1. The van der Waals surface area contributed by atoms with Crippen molar-refractivity contribution in [2.45, 2.75) is 13.3 Å². The molecule has 0 spiro atoms. The van der Waals surface area contributed by atoms with Crippen LogP contribution in [0, 0.1) is 0 Å². The van der Waals surface area contributed by atoms with E-state index in [1.807, 2.05) is 37.3 Å². The molecule has 1 heterocycles. The van der Waals surface area contributed by atoms with E-state index in [1.54, 1.807) is 0 Å². The van der Waals surface area contributed by atoms with Crippen molar-refractivity contribution in [1.82, 2.24) is 9.97 Å². The van der Waals surface area contributed by atoms with Crippen molar-refractivity contribution in [1.29, 1.82) is 0 Å². The van der Waals surface area contributed by atoms with E-state index in [1.165, 1.54) is 0 Å². The van der Waals surface area contributed by atoms with Crippen LogP contribution in [0.3, 0.4) is 0 Å². The van der Waals surface area contributed by atoms with Crippen molar-refractivity contribution >= 4 is 17.5 Å². The third-order valence-electron chi connectivity index (χ3n) is 2.37. The number of nitrogen functional groups attached to an aromatic ring is 1. The molecule has 0 saturated carbocycles. The Kier molecular flexibility index (Phi) is 3.06. The van der Waals surface area contributed by atoms with Crippen LogP contribution in [0.4, 0.5) is 5.95 Å². The number of rotatable bonds is 2. The maximum Gasteiger partial charge on any atom is 0.222 e. The maximum absolute atomic E-state index is 6.05. The van der Waals surface area contributed by atoms with E-state index >= 15 is 0 Å². The molecule has 2 N–H and O–H groups in total. The van der Waals surface area contributed by atoms with Crippen LogP contribution >= 0.6 is 11.6 Å². The van der Waals surface area contributed by atoms with Crippen molar-refractivity contribution in [3.63, 3.8) is 0 Å². The largest absolute Gasteiger partial charge is 0.368 e. The number of hydrogen-bond acceptors (Lipinski definition) is 3. The van der Waals surface area contributed by atoms with Crippen LogP contribution in [0.5, 0.6) is 0 Å². The minimum atomic E-state index is 0.209. The number of hydrogen-bond donors (Lipinski definition) is 1. The second kappa shape index (κ2) is 4.49. The smallest absolute Gasteiger partial charge is 0.222 e. The molecule has 1 aromatic heterocycles. The first-order valence-corrected chi connectivity index (χ1v) is 5.47. The van der Waals surface area contributed by atoms with Gasteiger partial charge in [0, 0.05) is 11.1 Å². The molecule has 2 rings (SSSR count). The molecule has 0 atom stereocenters. The van der Waals surface area contributed by atoms with Gasteiger partial charge >= 0.3 is 0 Å². The van der Waals surface area contributed by atoms with Crippen LogP contribution < -0.4 is 5.73 Å². The summed E-state index contributed by atoms with van der Waals surface area (Å²) in [6.45, 7) is 2.02. The van der Waals surface area contributed by atoms with Gasteiger partial charge < -0.3 is 5.73 Å². The van der Waals surface area contributed by atoms with E-state index in [-0.39, 0.29) is 5.95 Å². The van der Waals surface area contributed by atoms with Gasteiger partial charge in [-0.25, -0.2) is 9.97 Å². The van der Waals surface area contributed by atoms with Crippen LogP contribution in [-0.4, -0.2) is 9.97 Å². The molecule has 0 aliphatic rings. The molecule has 3 nitrogen and oxygen atoms in total. The van der Waals surface area contributed by atoms with Gasteiger partial charge in [0.1, 0.15) is 5.15 Å². The SMILES string of the molecule is CCc1c(Cl)nc(N)nc1-c1ccccc1. The Morgan fingerprint density at radius 2 is 1.88 bits per heavy atom. The van der Waals surface area contributed by atoms with Crippen LogP contribution in [0.25, 0.3) is 11.3 Å². The lowest BCUT2D eigenvalue weighted by Gasteiger charge is -2.09. The predicted molar refractivity (Wildman–Crippen MR) is 66.3 cm³/mol. The molecule has 1 aromatic carbocycles. The van der Waals surface area contributed by atoms with Gasteiger partial charge in [0.15, 0.2) is 0 Å². The highest BCUT2D eigenvalue weighted by Crippen LogP contribution is 2.27. The van der Waals surface area contributed by atoms with Crippen molar-refractivity contribution in [2.75, 3.05) is 5.73 Å². The minimum absolute atomic E-state index is 0.209. The Morgan fingerprint density at radius 3 is 2.50 bits per heavy atom. The molecule has 0 radical (unpaired) electrons. The molecule has 0 fully saturated rings. The van der Waals surface area contributed by atoms with Crippen LogP contribution in [0.1, 0.15) is 12.5 Å². The Morgan fingerprint density at radius 1 is 1.19 bits per heavy atom. The summed E-state index contributed by atoms with van der Waals surface area (Å²) in [5.41, 5.74) is 8.38. The quantitative estimate of drug-likeness (QED) is 0.812. The normalized spacial score (nSPS) is 10.4. The lowest BCUT2D eigenvalue weighted by molar-refractivity contribution is 1.06. The van der Waals surface area contributed by atoms with E-state index in [0.717, 1.165) is 23.2 Å². The topological polar surface area (TPSA) is 51.8 Å². The highest BCUT2D eigenvalue weighted by Gasteiger charge is 2.11. The Labute approximate surface area is 99.3 Å². The Bertz CT molecular complexity index is 497. The summed E-state index contributed by atoms with van der Waals surface area (Å²) in [6, 6.07) is 9.84. The minimum Gasteiger partial charge on any atom is -0.368 e. The second-order valence-corrected chi connectivity index (χ2v) is 3.78. The summed E-state index contributed by atoms with van der Waals surface area (Å²) < 4.78 is 0. The van der Waals surface area contributed by atoms with Crippen molar-refractivity contribution in [3.8, 4) is 11.3 Å². The van der Waals surface area contributed by atoms with Crippen molar-refractivity contribution in [3.05, 3.63) is 41.0 Å². The Balaban J connectivity index is 2.64. The van der Waals surface area contributed by atoms with E-state index in [2.05, 4.69) is 9.97 Å². The molecular weight excluding hydrogens is 222 g/mol. The van der Waals surface area contributed by atoms with E-state index < -0.39 is 0 Å². The molecule has 4 heteroatoms. The molecule has 0 bridgehead atoms. The van der Waals surface area contributed by atoms with E-state index in [9.17, 15) is 0 Å². The highest BCUT2D eigenvalue weighted by molar-refractivity contribution is 6.30. The zero-order chi connectivity index (χ0) is 11.5. The molecule has 0 aliphatic carbocycles. The summed E-state index contributed by atoms with van der Waals surface area (Å²) in [5, 5.41) is 0.439. The standard InChI is InChI=1S/C12H12ClN3/c1-2-9-10(8-6-4-3-5-7-8)15-12(14)16-11(9)13/h3-7H,2H2,1H3,(H2,14,15,16). The summed E-state index contributed by atoms with van der Waals surface area (Å²) in [6.07, 6.45) is 0.781. The fourth-order valence-corrected chi connectivity index (χ4v) is 1.93. The van der Waals surface area contributed by atoms with E-state index in [0.29, 0.717) is 5.15 Å². The summed E-state index contributed by atoms with van der Waals surface area (Å²) >= 11 is 6.05. The van der Waals surface area contributed by atoms with Crippen LogP contribution in [-0.2, 0) is 6.42 Å². The molecule has 16 heavy (non-hydrogen) atoms. The summed E-state index contributed by atoms with van der Waals surface area (Å²) in [5.74, 6) is 0.209. The maximum atomic E-state index is 6.05. The fraction of sp³-hybridized carbons (Fsp3) is 0.167. The van der Waals surface area contributed by atoms with Crippen LogP contribution in [0.15, 0.2) is 30.3 Å². The van der Waals surface area contributed by atoms with Crippen molar-refractivity contribution < 1.29 is 0 Å². The van der Waals surface area contributed by atoms with Gasteiger partial charge in [-0.05, 0) is 6.42 Å². The molecule has 0 aliphatic heterocycles. The van der Waals surface area contributed by atoms with Gasteiger partial charge in [0.25, 0.3) is 0 Å². The predicted octanol–water partition coefficient (Wildman–Crippen LogP) is 2.94. The molecule has 0 saturated heterocycles. The number of aromatic nitrogens is 2. The van der Waals surface area contributed by atoms with Crippen LogP contribution in [0.2, 0.25) is 5.15 Å². The number of halogens is 1. The lowest BCUT2D eigenvalue weighted by Crippen LogP contribution is -2.01. The zero-order valence-corrected chi connectivity index (χ0v) is 9.70. The number of anilines is 1. The molecular formula is C12H12ClN3. The van der Waals surface area contributed by atoms with Gasteiger partial charge in [-0.15, -0.1) is 0 Å². The third-order valence-corrected chi connectivity index (χ3v) is 2.69. The first-order chi connectivity index (χ1) is 7.72. The first kappa shape index (κ1) is 10.9. The average molecular weight is 234 g/mol. The van der Waals surface area contributed by atoms with Gasteiger partial charge in [0.2, 0.25) is 5.95 Å². The van der Waals surface area contributed by atoms with Gasteiger partial charge in [-0.1, -0.05) is 48.9 Å². The Hall–Kier alpha value is -1.61. The van der Waals surface area contributed by atoms with Gasteiger partial charge in [-0.2, -0.15) is 0 Å². The summed E-state index contributed by atoms with van der Waals surface area (Å²) in [4.78, 5) is 8.22. The van der Waals surface area contributed by atoms with Gasteiger partial charge in [-0.3, -0.25) is 0 Å². The second-order valence-electron chi connectivity index (χ2n) is 3.42. The molecule has 0 amide bonds. The highest BCUT2D eigenvalue weighted by atomic mass is 35.5. The average Bonchev–Trinajstić information content (AvgIpc) is 2.29. The van der Waals surface area contributed by atoms with Crippen molar-refractivity contribution in [2.24, 2.45) is 0 Å². The number of nitrogens with zero attached hydrogens (tertiary/aromatic N) is 2. The molecule has 0 unspecified atom stereocenters. The summed E-state index contributed by atoms with van der Waals surface area (Å²) in [7, 11) is 0. The number of nitrogens with two attached hydrogens (primary N) is 1. The fourth-order valence-electron chi connectivity index (χ4n) is 1.62. The molecule has 82 valence electrons. The third kappa shape index (κ3) is 1.99.